The second-order valence-corrected chi connectivity index (χ2v) is 9.89. The largest absolute Gasteiger partial charge is 0.511 e. The smallest absolute Gasteiger partial charge is 0.357 e. The van der Waals surface area contributed by atoms with E-state index in [9.17, 15) is 21.6 Å². The second-order valence-electron chi connectivity index (χ2n) is 7.96. The molecule has 176 valence electrons. The summed E-state index contributed by atoms with van der Waals surface area (Å²) in [7, 11) is -5.26. The molecule has 1 saturated carbocycles. The average molecular weight is 574 g/mol. The molecule has 1 saturated heterocycles. The molecular weight excluding hydrogens is 544 g/mol. The number of nitrogens with zero attached hydrogens (tertiary/aromatic N) is 2. The molecule has 2 aliphatic rings. The van der Waals surface area contributed by atoms with Crippen molar-refractivity contribution in [3.63, 3.8) is 0 Å². The number of rotatable bonds is 6. The highest BCUT2D eigenvalue weighted by Gasteiger charge is 2.50. The Hall–Kier alpha value is -1.08. The summed E-state index contributed by atoms with van der Waals surface area (Å²) in [6, 6.07) is 10.2. The van der Waals surface area contributed by atoms with Gasteiger partial charge in [0.1, 0.15) is 0 Å². The number of alkyl halides is 3. The summed E-state index contributed by atoms with van der Waals surface area (Å²) in [5.41, 5.74) is -3.94. The maximum Gasteiger partial charge on any atom is 0.511 e. The van der Waals surface area contributed by atoms with E-state index in [0.29, 0.717) is 36.2 Å². The van der Waals surface area contributed by atoms with E-state index in [1.807, 2.05) is 25.1 Å². The van der Waals surface area contributed by atoms with E-state index in [2.05, 4.69) is 22.8 Å². The Balaban J connectivity index is 0.00000341. The molecule has 0 bridgehead atoms. The van der Waals surface area contributed by atoms with Crippen molar-refractivity contribution in [1.82, 2.24) is 14.9 Å². The Kier molecular flexibility index (Phi) is 9.03. The third kappa shape index (κ3) is 6.04. The molecule has 3 rings (SSSR count). The van der Waals surface area contributed by atoms with Crippen LogP contribution in [0, 0.1) is 0 Å². The van der Waals surface area contributed by atoms with E-state index in [4.69, 9.17) is 4.99 Å². The summed E-state index contributed by atoms with van der Waals surface area (Å²) in [5.74, 6) is 0.622. The second kappa shape index (κ2) is 10.7. The lowest BCUT2D eigenvalue weighted by Gasteiger charge is -2.41. The molecule has 6 nitrogen and oxygen atoms in total. The van der Waals surface area contributed by atoms with Crippen LogP contribution >= 0.6 is 24.0 Å². The standard InChI is InChI=1S/C20H29F3N4O2S.HI/c1-2-24-18(25-15-19(11-6-12-19)16-7-4-3-5-8-16)26-17-9-13-27(14-10-17)30(28,29)20(21,22)23;/h3-5,7-8,17H,2,6,9-15H2,1H3,(H2,24,25,26);1H. The van der Waals surface area contributed by atoms with E-state index in [0.717, 1.165) is 12.8 Å². The minimum absolute atomic E-state index is 0. The summed E-state index contributed by atoms with van der Waals surface area (Å²) < 4.78 is 61.9. The van der Waals surface area contributed by atoms with E-state index < -0.39 is 15.5 Å². The fourth-order valence-electron chi connectivity index (χ4n) is 4.06. The summed E-state index contributed by atoms with van der Waals surface area (Å²) in [6.07, 6.45) is 3.91. The summed E-state index contributed by atoms with van der Waals surface area (Å²) in [6.45, 7) is 2.92. The molecule has 0 aromatic heterocycles. The van der Waals surface area contributed by atoms with Gasteiger partial charge in [-0.25, -0.2) is 8.42 Å². The van der Waals surface area contributed by atoms with Crippen LogP contribution in [0.4, 0.5) is 13.2 Å². The third-order valence-corrected chi connectivity index (χ3v) is 7.64. The maximum atomic E-state index is 12.7. The average Bonchev–Trinajstić information content (AvgIpc) is 2.67. The zero-order chi connectivity index (χ0) is 21.8. The number of nitrogens with one attached hydrogen (secondary N) is 2. The van der Waals surface area contributed by atoms with Crippen molar-refractivity contribution in [1.29, 1.82) is 0 Å². The van der Waals surface area contributed by atoms with Gasteiger partial charge in [0, 0.05) is 31.1 Å². The summed E-state index contributed by atoms with van der Waals surface area (Å²) in [5, 5.41) is 6.47. The number of hydrogen-bond donors (Lipinski definition) is 2. The molecule has 2 fully saturated rings. The Morgan fingerprint density at radius 2 is 1.81 bits per heavy atom. The minimum Gasteiger partial charge on any atom is -0.357 e. The first-order valence-corrected chi connectivity index (χ1v) is 11.8. The van der Waals surface area contributed by atoms with Gasteiger partial charge < -0.3 is 10.6 Å². The molecule has 1 aliphatic carbocycles. The van der Waals surface area contributed by atoms with Gasteiger partial charge in [-0.05, 0) is 38.2 Å². The molecule has 1 aromatic rings. The lowest BCUT2D eigenvalue weighted by atomic mass is 9.64. The number of hydrogen-bond acceptors (Lipinski definition) is 3. The van der Waals surface area contributed by atoms with Gasteiger partial charge in [0.05, 0.1) is 6.54 Å². The van der Waals surface area contributed by atoms with E-state index in [1.165, 1.54) is 12.0 Å². The van der Waals surface area contributed by atoms with Gasteiger partial charge in [0.15, 0.2) is 5.96 Å². The van der Waals surface area contributed by atoms with Gasteiger partial charge in [-0.3, -0.25) is 4.99 Å². The molecule has 1 aliphatic heterocycles. The molecule has 1 aromatic carbocycles. The molecule has 31 heavy (non-hydrogen) atoms. The first-order valence-electron chi connectivity index (χ1n) is 10.3. The number of sulfonamides is 1. The zero-order valence-electron chi connectivity index (χ0n) is 17.5. The number of aliphatic imine (C=N–C) groups is 1. The maximum absolute atomic E-state index is 12.7. The molecule has 0 spiro atoms. The van der Waals surface area contributed by atoms with E-state index in [1.54, 1.807) is 0 Å². The van der Waals surface area contributed by atoms with Crippen molar-refractivity contribution in [2.75, 3.05) is 26.2 Å². The molecule has 1 heterocycles. The van der Waals surface area contributed by atoms with Crippen LogP contribution in [0.5, 0.6) is 0 Å². The minimum atomic E-state index is -5.26. The number of halogens is 4. The van der Waals surface area contributed by atoms with Crippen LogP contribution in [0.3, 0.4) is 0 Å². The lowest BCUT2D eigenvalue weighted by molar-refractivity contribution is -0.0494. The lowest BCUT2D eigenvalue weighted by Crippen LogP contribution is -2.52. The molecular formula is C20H30F3IN4O2S. The third-order valence-electron chi connectivity index (χ3n) is 6.01. The van der Waals surface area contributed by atoms with Crippen molar-refractivity contribution in [3.8, 4) is 0 Å². The molecule has 11 heteroatoms. The Bertz CT molecular complexity index is 838. The van der Waals surface area contributed by atoms with Gasteiger partial charge in [-0.1, -0.05) is 36.8 Å². The SMILES string of the molecule is CCNC(=NCC1(c2ccccc2)CCC1)NC1CCN(S(=O)(=O)C(F)(F)F)CC1.I. The highest BCUT2D eigenvalue weighted by molar-refractivity contribution is 14.0. The van der Waals surface area contributed by atoms with Crippen LogP contribution in [0.1, 0.15) is 44.6 Å². The molecule has 0 radical (unpaired) electrons. The van der Waals surface area contributed by atoms with Crippen LogP contribution in [-0.4, -0.2) is 56.4 Å². The van der Waals surface area contributed by atoms with Crippen molar-refractivity contribution in [3.05, 3.63) is 35.9 Å². The van der Waals surface area contributed by atoms with Gasteiger partial charge in [-0.15, -0.1) is 24.0 Å². The summed E-state index contributed by atoms with van der Waals surface area (Å²) >= 11 is 0. The van der Waals surface area contributed by atoms with Crippen molar-refractivity contribution >= 4 is 40.0 Å². The van der Waals surface area contributed by atoms with Gasteiger partial charge in [0.2, 0.25) is 0 Å². The topological polar surface area (TPSA) is 73.8 Å². The highest BCUT2D eigenvalue weighted by atomic mass is 127. The number of guanidine groups is 1. The van der Waals surface area contributed by atoms with Crippen LogP contribution in [0.15, 0.2) is 35.3 Å². The molecule has 0 atom stereocenters. The van der Waals surface area contributed by atoms with Gasteiger partial charge in [-0.2, -0.15) is 17.5 Å². The van der Waals surface area contributed by atoms with Crippen LogP contribution < -0.4 is 10.6 Å². The highest BCUT2D eigenvalue weighted by Crippen LogP contribution is 2.43. The monoisotopic (exact) mass is 574 g/mol. The quantitative estimate of drug-likeness (QED) is 0.310. The predicted octanol–water partition coefficient (Wildman–Crippen LogP) is 3.60. The molecule has 0 amide bonds. The first-order chi connectivity index (χ1) is 14.2. The van der Waals surface area contributed by atoms with Crippen LogP contribution in [0.25, 0.3) is 0 Å². The number of benzene rings is 1. The van der Waals surface area contributed by atoms with Gasteiger partial charge in [0.25, 0.3) is 0 Å². The van der Waals surface area contributed by atoms with Crippen molar-refractivity contribution < 1.29 is 21.6 Å². The number of piperidine rings is 1. The Labute approximate surface area is 199 Å². The fourth-order valence-corrected chi connectivity index (χ4v) is 5.05. The van der Waals surface area contributed by atoms with Gasteiger partial charge >= 0.3 is 15.5 Å². The van der Waals surface area contributed by atoms with Crippen molar-refractivity contribution in [2.45, 2.75) is 56.0 Å². The molecule has 2 N–H and O–H groups in total. The van der Waals surface area contributed by atoms with Crippen LogP contribution in [-0.2, 0) is 15.4 Å². The molecule has 0 unspecified atom stereocenters. The van der Waals surface area contributed by atoms with Crippen LogP contribution in [0.2, 0.25) is 0 Å². The first kappa shape index (κ1) is 26.2. The summed E-state index contributed by atoms with van der Waals surface area (Å²) in [4.78, 5) is 4.77. The van der Waals surface area contributed by atoms with E-state index >= 15 is 0 Å². The Morgan fingerprint density at radius 1 is 1.19 bits per heavy atom. The predicted molar refractivity (Wildman–Crippen MR) is 126 cm³/mol. The van der Waals surface area contributed by atoms with Crippen molar-refractivity contribution in [2.24, 2.45) is 4.99 Å². The van der Waals surface area contributed by atoms with E-state index in [-0.39, 0.29) is 48.5 Å². The zero-order valence-corrected chi connectivity index (χ0v) is 20.6. The fraction of sp³-hybridized carbons (Fsp3) is 0.650. The normalized spacial score (nSPS) is 20.5. The Morgan fingerprint density at radius 3 is 2.29 bits per heavy atom.